The zero-order chi connectivity index (χ0) is 28.1. The molecule has 4 amide bonds. The molecule has 12 nitrogen and oxygen atoms in total. The Balaban J connectivity index is 1.75. The fourth-order valence-electron chi connectivity index (χ4n) is 3.67. The van der Waals surface area contributed by atoms with Crippen molar-refractivity contribution in [3.63, 3.8) is 0 Å². The number of amides is 4. The molecule has 0 saturated carbocycles. The summed E-state index contributed by atoms with van der Waals surface area (Å²) in [4.78, 5) is 54.1. The summed E-state index contributed by atoms with van der Waals surface area (Å²) >= 11 is 0. The van der Waals surface area contributed by atoms with E-state index in [1.807, 2.05) is 0 Å². The van der Waals surface area contributed by atoms with Crippen LogP contribution in [-0.2, 0) is 19.1 Å². The summed E-state index contributed by atoms with van der Waals surface area (Å²) in [6, 6.07) is 9.30. The number of hydrogen-bond acceptors (Lipinski definition) is 7. The molecule has 38 heavy (non-hydrogen) atoms. The van der Waals surface area contributed by atoms with Gasteiger partial charge in [0.1, 0.15) is 11.7 Å². The van der Waals surface area contributed by atoms with Crippen LogP contribution in [0.15, 0.2) is 42.5 Å². The average Bonchev–Trinajstić information content (AvgIpc) is 2.87. The third-order valence-electron chi connectivity index (χ3n) is 5.80. The second-order valence-corrected chi connectivity index (χ2v) is 8.85. The first-order chi connectivity index (χ1) is 17.9. The number of nitrogen functional groups attached to an aromatic ring is 1. The van der Waals surface area contributed by atoms with Gasteiger partial charge in [0, 0.05) is 50.2 Å². The highest BCUT2D eigenvalue weighted by Crippen LogP contribution is 2.24. The van der Waals surface area contributed by atoms with E-state index in [0.717, 1.165) is 21.9 Å². The van der Waals surface area contributed by atoms with E-state index in [0.29, 0.717) is 11.3 Å². The number of amidine groups is 1. The number of carbonyl (C=O) groups excluding carboxylic acids is 4. The topological polar surface area (TPSA) is 169 Å². The Morgan fingerprint density at radius 2 is 1.84 bits per heavy atom. The first-order valence-electron chi connectivity index (χ1n) is 11.5. The van der Waals surface area contributed by atoms with Gasteiger partial charge in [-0.1, -0.05) is 0 Å². The molecule has 0 radical (unpaired) electrons. The van der Waals surface area contributed by atoms with Crippen molar-refractivity contribution in [1.82, 2.24) is 9.80 Å². The predicted octanol–water partition coefficient (Wildman–Crippen LogP) is 0.00137. The molecule has 0 bridgehead atoms. The van der Waals surface area contributed by atoms with Gasteiger partial charge >= 0.3 is 0 Å². The van der Waals surface area contributed by atoms with E-state index >= 15 is 0 Å². The van der Waals surface area contributed by atoms with Crippen molar-refractivity contribution in [3.8, 4) is 0 Å². The van der Waals surface area contributed by atoms with Crippen LogP contribution in [0.3, 0.4) is 0 Å². The molecule has 13 heteroatoms. The fourth-order valence-corrected chi connectivity index (χ4v) is 3.67. The number of aliphatic hydroxyl groups excluding tert-OH is 1. The number of anilines is 2. The van der Waals surface area contributed by atoms with E-state index in [1.54, 1.807) is 14.1 Å². The van der Waals surface area contributed by atoms with Gasteiger partial charge in [-0.05, 0) is 42.5 Å². The number of halogens is 1. The number of likely N-dealkylation sites (N-methyl/N-ethyl adjacent to an activating group) is 2. The van der Waals surface area contributed by atoms with Crippen LogP contribution in [0.4, 0.5) is 15.8 Å². The smallest absolute Gasteiger partial charge is 0.259 e. The summed E-state index contributed by atoms with van der Waals surface area (Å²) in [6.07, 6.45) is -3.47. The number of nitrogens with zero attached hydrogens (tertiary/aromatic N) is 3. The minimum atomic E-state index is -1.89. The third kappa shape index (κ3) is 6.49. The lowest BCUT2D eigenvalue weighted by Gasteiger charge is -2.34. The van der Waals surface area contributed by atoms with E-state index in [-0.39, 0.29) is 42.7 Å². The van der Waals surface area contributed by atoms with Crippen molar-refractivity contribution in [2.24, 2.45) is 5.73 Å². The van der Waals surface area contributed by atoms with Crippen LogP contribution in [0, 0.1) is 11.2 Å². The lowest BCUT2D eigenvalue weighted by atomic mass is 10.1. The highest BCUT2D eigenvalue weighted by molar-refractivity contribution is 6.05. The van der Waals surface area contributed by atoms with Crippen molar-refractivity contribution >= 4 is 40.8 Å². The number of benzene rings is 2. The molecule has 0 unspecified atom stereocenters. The normalized spacial score (nSPS) is 16.0. The molecule has 0 spiro atoms. The predicted molar refractivity (Wildman–Crippen MR) is 136 cm³/mol. The Morgan fingerprint density at radius 1 is 1.18 bits per heavy atom. The van der Waals surface area contributed by atoms with Crippen molar-refractivity contribution in [2.75, 3.05) is 51.1 Å². The van der Waals surface area contributed by atoms with E-state index in [1.165, 1.54) is 42.3 Å². The molecule has 1 aliphatic heterocycles. The van der Waals surface area contributed by atoms with Gasteiger partial charge in [-0.2, -0.15) is 0 Å². The number of ether oxygens (including phenoxy) is 1. The van der Waals surface area contributed by atoms with E-state index in [9.17, 15) is 28.7 Å². The maximum absolute atomic E-state index is 14.5. The van der Waals surface area contributed by atoms with Gasteiger partial charge in [-0.15, -0.1) is 0 Å². The Labute approximate surface area is 218 Å². The molecule has 0 aliphatic carbocycles. The van der Waals surface area contributed by atoms with Gasteiger partial charge < -0.3 is 35.6 Å². The minimum absolute atomic E-state index is 0.0117. The van der Waals surface area contributed by atoms with Gasteiger partial charge in [-0.3, -0.25) is 24.6 Å². The SMILES string of the molecule is CN(C)C(=O)CN(C)C(=O)c1cc(F)cc(N2CCO[C@H]([C@@H](O)C(=O)Nc3ccc(C(=N)N)cc3)C2=O)c1. The number of nitrogens with two attached hydrogens (primary N) is 1. The molecule has 2 atom stereocenters. The maximum Gasteiger partial charge on any atom is 0.259 e. The Morgan fingerprint density at radius 3 is 2.45 bits per heavy atom. The largest absolute Gasteiger partial charge is 0.384 e. The van der Waals surface area contributed by atoms with E-state index in [2.05, 4.69) is 5.32 Å². The van der Waals surface area contributed by atoms with Gasteiger partial charge in [0.05, 0.1) is 13.2 Å². The third-order valence-corrected chi connectivity index (χ3v) is 5.80. The van der Waals surface area contributed by atoms with Gasteiger partial charge in [0.25, 0.3) is 17.7 Å². The Kier molecular flexibility index (Phi) is 8.76. The lowest BCUT2D eigenvalue weighted by molar-refractivity contribution is -0.150. The quantitative estimate of drug-likeness (QED) is 0.276. The van der Waals surface area contributed by atoms with Gasteiger partial charge in [0.15, 0.2) is 12.2 Å². The number of nitrogens with one attached hydrogen (secondary N) is 2. The van der Waals surface area contributed by atoms with Crippen LogP contribution in [0.1, 0.15) is 15.9 Å². The minimum Gasteiger partial charge on any atom is -0.384 e. The standard InChI is InChI=1S/C25H29FN6O6/c1-30(2)19(33)13-31(3)24(36)15-10-16(26)12-18(11-15)32-8-9-38-21(25(32)37)20(34)23(35)29-17-6-4-14(5-7-17)22(27)28/h4-7,10-12,20-21,34H,8-9,13H2,1-3H3,(H3,27,28)(H,29,35)/t20-,21-/m1/s1. The zero-order valence-corrected chi connectivity index (χ0v) is 21.1. The summed E-state index contributed by atoms with van der Waals surface area (Å²) < 4.78 is 19.8. The van der Waals surface area contributed by atoms with Crippen LogP contribution in [0.2, 0.25) is 0 Å². The monoisotopic (exact) mass is 528 g/mol. The lowest BCUT2D eigenvalue weighted by Crippen LogP contribution is -2.55. The molecule has 2 aromatic rings. The maximum atomic E-state index is 14.5. The van der Waals surface area contributed by atoms with Crippen molar-refractivity contribution in [1.29, 1.82) is 5.41 Å². The molecule has 1 fully saturated rings. The number of morpholine rings is 1. The number of hydrogen-bond donors (Lipinski definition) is 4. The highest BCUT2D eigenvalue weighted by Gasteiger charge is 2.39. The molecular weight excluding hydrogens is 499 g/mol. The Hall–Kier alpha value is -4.36. The van der Waals surface area contributed by atoms with Crippen LogP contribution >= 0.6 is 0 Å². The molecule has 5 N–H and O–H groups in total. The van der Waals surface area contributed by atoms with Crippen LogP contribution < -0.4 is 16.0 Å². The number of aliphatic hydroxyl groups is 1. The Bertz CT molecular complexity index is 1250. The van der Waals surface area contributed by atoms with Crippen molar-refractivity contribution in [3.05, 3.63) is 59.4 Å². The summed E-state index contributed by atoms with van der Waals surface area (Å²) in [7, 11) is 4.48. The van der Waals surface area contributed by atoms with Crippen molar-refractivity contribution < 1.29 is 33.4 Å². The molecule has 1 saturated heterocycles. The molecule has 1 aliphatic rings. The van der Waals surface area contributed by atoms with Crippen LogP contribution in [0.25, 0.3) is 0 Å². The van der Waals surface area contributed by atoms with E-state index < -0.39 is 35.7 Å². The number of carbonyl (C=O) groups is 4. The summed E-state index contributed by atoms with van der Waals surface area (Å²) in [5.41, 5.74) is 6.09. The molecule has 2 aromatic carbocycles. The molecule has 202 valence electrons. The molecular formula is C25H29FN6O6. The summed E-state index contributed by atoms with van der Waals surface area (Å²) in [6.45, 7) is -0.303. The fraction of sp³-hybridized carbons (Fsp3) is 0.320. The molecule has 3 rings (SSSR count). The molecule has 0 aromatic heterocycles. The number of rotatable bonds is 8. The van der Waals surface area contributed by atoms with E-state index in [4.69, 9.17) is 15.9 Å². The highest BCUT2D eigenvalue weighted by atomic mass is 19.1. The second-order valence-electron chi connectivity index (χ2n) is 8.85. The summed E-state index contributed by atoms with van der Waals surface area (Å²) in [5, 5.41) is 20.4. The average molecular weight is 529 g/mol. The van der Waals surface area contributed by atoms with Gasteiger partial charge in [-0.25, -0.2) is 4.39 Å². The van der Waals surface area contributed by atoms with Gasteiger partial charge in [0.2, 0.25) is 5.91 Å². The zero-order valence-electron chi connectivity index (χ0n) is 21.1. The van der Waals surface area contributed by atoms with Crippen LogP contribution in [-0.4, -0.2) is 97.4 Å². The first kappa shape index (κ1) is 28.2. The molecule has 1 heterocycles. The van der Waals surface area contributed by atoms with Crippen LogP contribution in [0.5, 0.6) is 0 Å². The van der Waals surface area contributed by atoms with Crippen molar-refractivity contribution in [2.45, 2.75) is 12.2 Å². The summed E-state index contributed by atoms with van der Waals surface area (Å²) in [5.74, 6) is -3.62. The second kappa shape index (κ2) is 11.8. The first-order valence-corrected chi connectivity index (χ1v) is 11.5.